The number of rotatable bonds is 6. The van der Waals surface area contributed by atoms with Crippen molar-refractivity contribution in [3.05, 3.63) is 48.0 Å². The third-order valence-corrected chi connectivity index (χ3v) is 4.85. The number of nitrogens with one attached hydrogen (secondary N) is 1. The van der Waals surface area contributed by atoms with Crippen molar-refractivity contribution >= 4 is 16.7 Å². The van der Waals surface area contributed by atoms with Gasteiger partial charge in [-0.2, -0.15) is 0 Å². The highest BCUT2D eigenvalue weighted by molar-refractivity contribution is 5.85. The Morgan fingerprint density at radius 3 is 2.68 bits per heavy atom. The van der Waals surface area contributed by atoms with Gasteiger partial charge in [0.15, 0.2) is 0 Å². The molecule has 2 aromatic carbocycles. The van der Waals surface area contributed by atoms with Crippen LogP contribution in [0.15, 0.2) is 42.5 Å². The molecule has 0 bridgehead atoms. The molecule has 0 radical (unpaired) electrons. The van der Waals surface area contributed by atoms with Gasteiger partial charge in [0, 0.05) is 13.0 Å². The van der Waals surface area contributed by atoms with Crippen LogP contribution >= 0.6 is 0 Å². The van der Waals surface area contributed by atoms with Gasteiger partial charge in [-0.15, -0.1) is 0 Å². The summed E-state index contributed by atoms with van der Waals surface area (Å²) in [5, 5.41) is 5.65. The molecule has 0 saturated heterocycles. The second kappa shape index (κ2) is 7.44. The van der Waals surface area contributed by atoms with Gasteiger partial charge < -0.3 is 5.32 Å². The third-order valence-electron chi connectivity index (χ3n) is 4.85. The maximum atomic E-state index is 11.9. The number of benzene rings is 2. The van der Waals surface area contributed by atoms with Gasteiger partial charge in [-0.05, 0) is 35.1 Å². The maximum absolute atomic E-state index is 11.9. The molecule has 1 fully saturated rings. The van der Waals surface area contributed by atoms with Crippen LogP contribution < -0.4 is 5.32 Å². The summed E-state index contributed by atoms with van der Waals surface area (Å²) < 4.78 is 0. The molecule has 1 saturated carbocycles. The minimum Gasteiger partial charge on any atom is -0.356 e. The Bertz CT molecular complexity index is 623. The second-order valence-corrected chi connectivity index (χ2v) is 6.43. The monoisotopic (exact) mass is 295 g/mol. The van der Waals surface area contributed by atoms with Gasteiger partial charge in [0.05, 0.1) is 0 Å². The Morgan fingerprint density at radius 2 is 1.82 bits per heavy atom. The van der Waals surface area contributed by atoms with E-state index < -0.39 is 0 Å². The fourth-order valence-corrected chi connectivity index (χ4v) is 3.57. The van der Waals surface area contributed by atoms with E-state index in [0.717, 1.165) is 25.3 Å². The molecule has 2 nitrogen and oxygen atoms in total. The molecular weight excluding hydrogens is 270 g/mol. The Hall–Kier alpha value is -1.83. The summed E-state index contributed by atoms with van der Waals surface area (Å²) in [6.45, 7) is 0.734. The summed E-state index contributed by atoms with van der Waals surface area (Å²) in [5.41, 5.74) is 1.31. The number of amides is 1. The van der Waals surface area contributed by atoms with Gasteiger partial charge in [-0.25, -0.2) is 0 Å². The van der Waals surface area contributed by atoms with Crippen molar-refractivity contribution in [2.75, 3.05) is 6.54 Å². The Kier molecular flexibility index (Phi) is 5.10. The van der Waals surface area contributed by atoms with Crippen LogP contribution in [0.25, 0.3) is 10.8 Å². The molecule has 0 aliphatic heterocycles. The minimum atomic E-state index is 0.215. The smallest absolute Gasteiger partial charge is 0.220 e. The first kappa shape index (κ1) is 15.1. The quantitative estimate of drug-likeness (QED) is 0.837. The lowest BCUT2D eigenvalue weighted by Gasteiger charge is -2.10. The molecule has 2 heteroatoms. The van der Waals surface area contributed by atoms with Crippen LogP contribution in [0.1, 0.15) is 44.1 Å². The van der Waals surface area contributed by atoms with E-state index in [9.17, 15) is 4.79 Å². The first-order valence-corrected chi connectivity index (χ1v) is 8.56. The van der Waals surface area contributed by atoms with Crippen molar-refractivity contribution in [1.29, 1.82) is 0 Å². The van der Waals surface area contributed by atoms with Gasteiger partial charge in [-0.3, -0.25) is 4.79 Å². The number of hydrogen-bond acceptors (Lipinski definition) is 1. The van der Waals surface area contributed by atoms with Crippen LogP contribution in [-0.4, -0.2) is 12.5 Å². The predicted octanol–water partition coefficient (Wildman–Crippen LogP) is 4.47. The standard InChI is InChI=1S/C20H25NO/c22-20(13-12-16-6-1-2-7-16)21-15-14-18-10-5-9-17-8-3-4-11-19(17)18/h3-5,8-11,16H,1-2,6-7,12-15H2,(H,21,22). The van der Waals surface area contributed by atoms with Gasteiger partial charge in [0.25, 0.3) is 0 Å². The number of hydrogen-bond donors (Lipinski definition) is 1. The molecule has 1 amide bonds. The topological polar surface area (TPSA) is 29.1 Å². The molecule has 1 aliphatic carbocycles. The first-order valence-electron chi connectivity index (χ1n) is 8.56. The molecule has 0 atom stereocenters. The second-order valence-electron chi connectivity index (χ2n) is 6.43. The predicted molar refractivity (Wildman–Crippen MR) is 91.9 cm³/mol. The SMILES string of the molecule is O=C(CCC1CCCC1)NCCc1cccc2ccccc12. The minimum absolute atomic E-state index is 0.215. The van der Waals surface area contributed by atoms with Crippen molar-refractivity contribution in [2.45, 2.75) is 44.9 Å². The van der Waals surface area contributed by atoms with Crippen molar-refractivity contribution in [3.8, 4) is 0 Å². The van der Waals surface area contributed by atoms with Gasteiger partial charge in [0.1, 0.15) is 0 Å². The van der Waals surface area contributed by atoms with E-state index in [4.69, 9.17) is 0 Å². The van der Waals surface area contributed by atoms with Crippen LogP contribution in [0.4, 0.5) is 0 Å². The zero-order valence-corrected chi connectivity index (χ0v) is 13.2. The zero-order valence-electron chi connectivity index (χ0n) is 13.2. The molecule has 0 aromatic heterocycles. The Morgan fingerprint density at radius 1 is 1.05 bits per heavy atom. The maximum Gasteiger partial charge on any atom is 0.220 e. The summed E-state index contributed by atoms with van der Waals surface area (Å²) in [5.74, 6) is 1.01. The van der Waals surface area contributed by atoms with E-state index in [1.165, 1.54) is 42.0 Å². The molecule has 1 N–H and O–H groups in total. The molecule has 1 aliphatic rings. The lowest BCUT2D eigenvalue weighted by molar-refractivity contribution is -0.121. The van der Waals surface area contributed by atoms with Crippen molar-refractivity contribution in [3.63, 3.8) is 0 Å². The molecular formula is C20H25NO. The summed E-state index contributed by atoms with van der Waals surface area (Å²) in [7, 11) is 0. The molecule has 2 aromatic rings. The van der Waals surface area contributed by atoms with Crippen molar-refractivity contribution < 1.29 is 4.79 Å². The first-order chi connectivity index (χ1) is 10.8. The summed E-state index contributed by atoms with van der Waals surface area (Å²) >= 11 is 0. The average Bonchev–Trinajstić information content (AvgIpc) is 3.07. The molecule has 0 heterocycles. The lowest BCUT2D eigenvalue weighted by atomic mass is 10.0. The summed E-state index contributed by atoms with van der Waals surface area (Å²) in [6.07, 6.45) is 8.02. The largest absolute Gasteiger partial charge is 0.356 e. The van der Waals surface area contributed by atoms with E-state index in [0.29, 0.717) is 6.42 Å². The zero-order chi connectivity index (χ0) is 15.2. The van der Waals surface area contributed by atoms with E-state index >= 15 is 0 Å². The highest BCUT2D eigenvalue weighted by atomic mass is 16.1. The van der Waals surface area contributed by atoms with E-state index in [1.807, 2.05) is 0 Å². The number of carbonyl (C=O) groups excluding carboxylic acids is 1. The normalized spacial score (nSPS) is 15.3. The number of carbonyl (C=O) groups is 1. The molecule has 116 valence electrons. The molecule has 0 unspecified atom stereocenters. The van der Waals surface area contributed by atoms with E-state index in [1.54, 1.807) is 0 Å². The highest BCUT2D eigenvalue weighted by Gasteiger charge is 2.15. The third kappa shape index (κ3) is 3.88. The van der Waals surface area contributed by atoms with Crippen molar-refractivity contribution in [1.82, 2.24) is 5.32 Å². The lowest BCUT2D eigenvalue weighted by Crippen LogP contribution is -2.25. The van der Waals surface area contributed by atoms with Crippen LogP contribution in [0.5, 0.6) is 0 Å². The van der Waals surface area contributed by atoms with E-state index in [2.05, 4.69) is 47.8 Å². The highest BCUT2D eigenvalue weighted by Crippen LogP contribution is 2.28. The fraction of sp³-hybridized carbons (Fsp3) is 0.450. The fourth-order valence-electron chi connectivity index (χ4n) is 3.57. The average molecular weight is 295 g/mol. The molecule has 3 rings (SSSR count). The number of fused-ring (bicyclic) bond motifs is 1. The Balaban J connectivity index is 1.46. The van der Waals surface area contributed by atoms with E-state index in [-0.39, 0.29) is 5.91 Å². The molecule has 0 spiro atoms. The van der Waals surface area contributed by atoms with Crippen LogP contribution in [0, 0.1) is 5.92 Å². The molecule has 22 heavy (non-hydrogen) atoms. The van der Waals surface area contributed by atoms with Gasteiger partial charge in [-0.1, -0.05) is 68.1 Å². The summed E-state index contributed by atoms with van der Waals surface area (Å²) in [6, 6.07) is 14.8. The van der Waals surface area contributed by atoms with Crippen molar-refractivity contribution in [2.24, 2.45) is 5.92 Å². The van der Waals surface area contributed by atoms with Crippen LogP contribution in [-0.2, 0) is 11.2 Å². The Labute approximate surface area is 132 Å². The van der Waals surface area contributed by atoms with Crippen LogP contribution in [0.2, 0.25) is 0 Å². The summed E-state index contributed by atoms with van der Waals surface area (Å²) in [4.78, 5) is 11.9. The van der Waals surface area contributed by atoms with Crippen LogP contribution in [0.3, 0.4) is 0 Å². The van der Waals surface area contributed by atoms with Gasteiger partial charge >= 0.3 is 0 Å². The van der Waals surface area contributed by atoms with Gasteiger partial charge in [0.2, 0.25) is 5.91 Å².